The maximum atomic E-state index is 12.7. The van der Waals surface area contributed by atoms with Crippen LogP contribution in [-0.2, 0) is 11.3 Å². The molecule has 214 valence electrons. The summed E-state index contributed by atoms with van der Waals surface area (Å²) in [5.74, 6) is -0.218. The molecule has 0 aliphatic heterocycles. The van der Waals surface area contributed by atoms with Crippen molar-refractivity contribution in [2.75, 3.05) is 24.6 Å². The summed E-state index contributed by atoms with van der Waals surface area (Å²) in [6.45, 7) is 6.49. The first kappa shape index (κ1) is 28.4. The molecule has 0 aliphatic carbocycles. The van der Waals surface area contributed by atoms with Gasteiger partial charge in [-0.2, -0.15) is 4.57 Å². The van der Waals surface area contributed by atoms with E-state index in [1.807, 2.05) is 66.7 Å². The summed E-state index contributed by atoms with van der Waals surface area (Å²) >= 11 is 0. The lowest BCUT2D eigenvalue weighted by Gasteiger charge is -2.19. The first-order chi connectivity index (χ1) is 20.1. The third-order valence-electron chi connectivity index (χ3n) is 6.85. The van der Waals surface area contributed by atoms with Crippen LogP contribution >= 0.6 is 0 Å². The number of anilines is 2. The molecule has 0 spiro atoms. The smallest absolute Gasteiger partial charge is 0.407 e. The van der Waals surface area contributed by atoms with Crippen LogP contribution in [-0.4, -0.2) is 30.7 Å². The summed E-state index contributed by atoms with van der Waals surface area (Å²) in [7, 11) is 0. The van der Waals surface area contributed by atoms with Gasteiger partial charge in [-0.05, 0) is 69.3 Å². The molecular formula is C34H36N5O3+. The topological polar surface area (TPSA) is 123 Å². The van der Waals surface area contributed by atoms with Gasteiger partial charge in [-0.15, -0.1) is 0 Å². The Labute approximate surface area is 245 Å². The number of alkyl carbamates (subject to hydrolysis) is 1. The lowest BCUT2D eigenvalue weighted by molar-refractivity contribution is -0.650. The van der Waals surface area contributed by atoms with Crippen molar-refractivity contribution in [1.29, 1.82) is 0 Å². The number of nitrogens with one attached hydrogen (secondary N) is 2. The van der Waals surface area contributed by atoms with Crippen LogP contribution < -0.4 is 26.7 Å². The number of fused-ring (bicyclic) bond motifs is 3. The number of hydrogen-bond donors (Lipinski definition) is 4. The third-order valence-corrected chi connectivity index (χ3v) is 6.85. The van der Waals surface area contributed by atoms with Gasteiger partial charge in [0.1, 0.15) is 5.60 Å². The van der Waals surface area contributed by atoms with Gasteiger partial charge in [0.05, 0.1) is 10.8 Å². The van der Waals surface area contributed by atoms with E-state index in [-0.39, 0.29) is 19.0 Å². The number of ether oxygens (including phenoxy) is 1. The molecule has 5 rings (SSSR count). The largest absolute Gasteiger partial charge is 0.444 e. The fourth-order valence-electron chi connectivity index (χ4n) is 5.03. The number of carbonyl (C=O) groups is 2. The highest BCUT2D eigenvalue weighted by Crippen LogP contribution is 2.33. The normalized spacial score (nSPS) is 11.4. The summed E-state index contributed by atoms with van der Waals surface area (Å²) in [6, 6.07) is 29.8. The number of rotatable bonds is 7. The van der Waals surface area contributed by atoms with Gasteiger partial charge < -0.3 is 26.8 Å². The van der Waals surface area contributed by atoms with Crippen molar-refractivity contribution in [3.63, 3.8) is 0 Å². The molecule has 6 N–H and O–H groups in total. The number of carbonyl (C=O) groups excluding carboxylic acids is 2. The van der Waals surface area contributed by atoms with Crippen molar-refractivity contribution in [2.45, 2.75) is 32.9 Å². The number of benzene rings is 4. The van der Waals surface area contributed by atoms with E-state index in [9.17, 15) is 9.59 Å². The monoisotopic (exact) mass is 562 g/mol. The van der Waals surface area contributed by atoms with Crippen molar-refractivity contribution in [1.82, 2.24) is 10.6 Å². The number of nitrogen functional groups attached to an aromatic ring is 2. The van der Waals surface area contributed by atoms with Crippen LogP contribution in [0.4, 0.5) is 16.2 Å². The average Bonchev–Trinajstić information content (AvgIpc) is 2.95. The Bertz CT molecular complexity index is 1760. The molecule has 5 aromatic rings. The maximum Gasteiger partial charge on any atom is 0.407 e. The molecule has 0 radical (unpaired) electrons. The Morgan fingerprint density at radius 1 is 0.762 bits per heavy atom. The van der Waals surface area contributed by atoms with Crippen LogP contribution in [0.25, 0.3) is 32.9 Å². The molecule has 8 nitrogen and oxygen atoms in total. The van der Waals surface area contributed by atoms with Gasteiger partial charge in [0.2, 0.25) is 11.2 Å². The standard InChI is InChI=1S/C34H35N5O3/c1-34(2,3)42-33(41)38-18-17-37-32(40)24-11-9-22(10-12-24)21-39-30-20-26(36)14-16-28(30)27-15-13-25(35)19-29(27)31(39)23-7-5-4-6-8-23/h4-16,19-20,36H,17-18,21,35H2,1-3H3,(H2,37,38,40,41)/p+1. The SMILES string of the molecule is CC(C)(C)OC(=O)NCCNC(=O)c1ccc(C[n+]2c(-c3ccccc3)c3cc(N)ccc3c3ccc(N)cc32)cc1. The summed E-state index contributed by atoms with van der Waals surface area (Å²) in [4.78, 5) is 24.5. The number of pyridine rings is 1. The van der Waals surface area contributed by atoms with E-state index in [1.54, 1.807) is 20.8 Å². The molecule has 0 bridgehead atoms. The highest BCUT2D eigenvalue weighted by atomic mass is 16.6. The van der Waals surface area contributed by atoms with E-state index in [0.29, 0.717) is 23.5 Å². The number of aromatic nitrogens is 1. The van der Waals surface area contributed by atoms with Crippen molar-refractivity contribution in [3.05, 3.63) is 102 Å². The van der Waals surface area contributed by atoms with Crippen molar-refractivity contribution in [3.8, 4) is 11.3 Å². The number of hydrogen-bond acceptors (Lipinski definition) is 5. The molecule has 1 aromatic heterocycles. The second-order valence-electron chi connectivity index (χ2n) is 11.3. The van der Waals surface area contributed by atoms with Gasteiger partial charge in [0, 0.05) is 52.6 Å². The van der Waals surface area contributed by atoms with E-state index in [1.165, 1.54) is 0 Å². The number of nitrogens with two attached hydrogens (primary N) is 2. The number of amides is 2. The van der Waals surface area contributed by atoms with Gasteiger partial charge in [-0.3, -0.25) is 4.79 Å². The Kier molecular flexibility index (Phi) is 7.97. The highest BCUT2D eigenvalue weighted by molar-refractivity contribution is 6.10. The molecule has 4 aromatic carbocycles. The van der Waals surface area contributed by atoms with Crippen LogP contribution in [0.15, 0.2) is 91.0 Å². The predicted octanol–water partition coefficient (Wildman–Crippen LogP) is 5.41. The molecule has 0 fully saturated rings. The van der Waals surface area contributed by atoms with E-state index < -0.39 is 11.7 Å². The van der Waals surface area contributed by atoms with E-state index >= 15 is 0 Å². The highest BCUT2D eigenvalue weighted by Gasteiger charge is 2.24. The van der Waals surface area contributed by atoms with E-state index in [0.717, 1.165) is 38.5 Å². The summed E-state index contributed by atoms with van der Waals surface area (Å²) in [5, 5.41) is 8.70. The van der Waals surface area contributed by atoms with Gasteiger partial charge >= 0.3 is 6.09 Å². The zero-order chi connectivity index (χ0) is 29.9. The van der Waals surface area contributed by atoms with Gasteiger partial charge in [-0.25, -0.2) is 4.79 Å². The Morgan fingerprint density at radius 2 is 1.40 bits per heavy atom. The van der Waals surface area contributed by atoms with Crippen molar-refractivity contribution < 1.29 is 18.9 Å². The van der Waals surface area contributed by atoms with Crippen molar-refractivity contribution >= 4 is 45.1 Å². The van der Waals surface area contributed by atoms with Crippen LogP contribution in [0.1, 0.15) is 36.7 Å². The van der Waals surface area contributed by atoms with Crippen molar-refractivity contribution in [2.24, 2.45) is 0 Å². The third kappa shape index (κ3) is 6.44. The van der Waals surface area contributed by atoms with Crippen LogP contribution in [0.5, 0.6) is 0 Å². The zero-order valence-corrected chi connectivity index (χ0v) is 24.1. The number of nitrogens with zero attached hydrogens (tertiary/aromatic N) is 1. The Hall–Kier alpha value is -5.11. The zero-order valence-electron chi connectivity index (χ0n) is 24.1. The lowest BCUT2D eigenvalue weighted by Crippen LogP contribution is -2.38. The minimum absolute atomic E-state index is 0.218. The molecule has 1 heterocycles. The Morgan fingerprint density at radius 3 is 2.10 bits per heavy atom. The second-order valence-corrected chi connectivity index (χ2v) is 11.3. The molecule has 0 aliphatic rings. The Balaban J connectivity index is 1.42. The van der Waals surface area contributed by atoms with Gasteiger partial charge in [0.15, 0.2) is 6.54 Å². The quantitative estimate of drug-likeness (QED) is 0.0914. The van der Waals surface area contributed by atoms with E-state index in [4.69, 9.17) is 16.2 Å². The van der Waals surface area contributed by atoms with Crippen LogP contribution in [0, 0.1) is 0 Å². The molecular weight excluding hydrogens is 526 g/mol. The molecule has 0 saturated heterocycles. The lowest BCUT2D eigenvalue weighted by atomic mass is 9.97. The molecule has 0 atom stereocenters. The maximum absolute atomic E-state index is 12.7. The molecule has 42 heavy (non-hydrogen) atoms. The average molecular weight is 563 g/mol. The van der Waals surface area contributed by atoms with Gasteiger partial charge in [0.25, 0.3) is 5.91 Å². The molecule has 0 unspecified atom stereocenters. The molecule has 2 amide bonds. The minimum Gasteiger partial charge on any atom is -0.444 e. The predicted molar refractivity (Wildman–Crippen MR) is 168 cm³/mol. The molecule has 0 saturated carbocycles. The summed E-state index contributed by atoms with van der Waals surface area (Å²) in [6.07, 6.45) is -0.515. The fraction of sp³-hybridized carbons (Fsp3) is 0.206. The van der Waals surface area contributed by atoms with Crippen LogP contribution in [0.3, 0.4) is 0 Å². The summed E-state index contributed by atoms with van der Waals surface area (Å²) < 4.78 is 7.48. The second kappa shape index (κ2) is 11.8. The first-order valence-corrected chi connectivity index (χ1v) is 13.9. The first-order valence-electron chi connectivity index (χ1n) is 13.9. The fourth-order valence-corrected chi connectivity index (χ4v) is 5.03. The van der Waals surface area contributed by atoms with Gasteiger partial charge in [-0.1, -0.05) is 36.4 Å². The summed E-state index contributed by atoms with van der Waals surface area (Å²) in [5.41, 5.74) is 18.0. The molecule has 8 heteroatoms. The van der Waals surface area contributed by atoms with Crippen LogP contribution in [0.2, 0.25) is 0 Å². The minimum atomic E-state index is -0.575. The van der Waals surface area contributed by atoms with E-state index in [2.05, 4.69) is 39.5 Å².